The van der Waals surface area contributed by atoms with Crippen LogP contribution in [0.2, 0.25) is 0 Å². The molecular formula is C42H26O. The summed E-state index contributed by atoms with van der Waals surface area (Å²) in [6.07, 6.45) is 0. The molecule has 0 aliphatic rings. The van der Waals surface area contributed by atoms with Crippen LogP contribution in [0.15, 0.2) is 162 Å². The summed E-state index contributed by atoms with van der Waals surface area (Å²) in [5.41, 5.74) is 1.94. The highest BCUT2D eigenvalue weighted by Crippen LogP contribution is 2.38. The van der Waals surface area contributed by atoms with Gasteiger partial charge in [0.1, 0.15) is 11.2 Å². The molecule has 1 aromatic heterocycles. The maximum Gasteiger partial charge on any atom is 0.143 e. The highest BCUT2D eigenvalue weighted by Gasteiger charge is 2.12. The van der Waals surface area contributed by atoms with E-state index in [1.54, 1.807) is 0 Å². The Hall–Kier alpha value is -5.66. The Morgan fingerprint density at radius 3 is 1.51 bits per heavy atom. The second-order valence-corrected chi connectivity index (χ2v) is 11.3. The molecule has 1 heteroatoms. The lowest BCUT2D eigenvalue weighted by molar-refractivity contribution is 0.673. The van der Waals surface area contributed by atoms with Crippen LogP contribution < -0.4 is 0 Å². The Bertz CT molecular complexity index is 2670. The normalized spacial score (nSPS) is 11.7. The molecule has 10 rings (SSSR count). The zero-order valence-electron chi connectivity index (χ0n) is 23.4. The van der Waals surface area contributed by atoms with Crippen molar-refractivity contribution in [1.82, 2.24) is 0 Å². The van der Waals surface area contributed by atoms with Gasteiger partial charge in [0.25, 0.3) is 0 Å². The van der Waals surface area contributed by atoms with Gasteiger partial charge < -0.3 is 4.42 Å². The van der Waals surface area contributed by atoms with Gasteiger partial charge in [0.2, 0.25) is 0 Å². The zero-order chi connectivity index (χ0) is 28.3. The van der Waals surface area contributed by atoms with Crippen molar-refractivity contribution in [2.45, 2.75) is 0 Å². The third kappa shape index (κ3) is 3.86. The van der Waals surface area contributed by atoms with Gasteiger partial charge in [-0.05, 0) is 95.6 Å². The van der Waals surface area contributed by atoms with Crippen molar-refractivity contribution in [2.75, 3.05) is 0 Å². The van der Waals surface area contributed by atoms with E-state index >= 15 is 0 Å². The predicted molar refractivity (Wildman–Crippen MR) is 185 cm³/mol. The maximum atomic E-state index is 6.17. The van der Waals surface area contributed by atoms with Gasteiger partial charge in [0, 0.05) is 16.2 Å². The number of hydrogen-bond donors (Lipinski definition) is 0. The van der Waals surface area contributed by atoms with Crippen molar-refractivity contribution in [3.05, 3.63) is 158 Å². The molecule has 43 heavy (non-hydrogen) atoms. The summed E-state index contributed by atoms with van der Waals surface area (Å²) in [5, 5.41) is 17.8. The summed E-state index contributed by atoms with van der Waals surface area (Å²) >= 11 is 0. The largest absolute Gasteiger partial charge is 0.455 e. The van der Waals surface area contributed by atoms with Crippen LogP contribution in [0.3, 0.4) is 0 Å². The van der Waals surface area contributed by atoms with E-state index in [1.807, 2.05) is 0 Å². The molecule has 1 heterocycles. The minimum Gasteiger partial charge on any atom is -0.455 e. The Morgan fingerprint density at radius 1 is 0.279 bits per heavy atom. The number of benzene rings is 9. The molecule has 0 saturated heterocycles. The summed E-state index contributed by atoms with van der Waals surface area (Å²) in [5.74, 6) is 0. The van der Waals surface area contributed by atoms with E-state index in [0.29, 0.717) is 0 Å². The molecular weight excluding hydrogens is 520 g/mol. The molecule has 200 valence electrons. The Kier molecular flexibility index (Phi) is 5.27. The summed E-state index contributed by atoms with van der Waals surface area (Å²) in [6, 6.07) is 56.3. The number of furan rings is 1. The van der Waals surface area contributed by atoms with Crippen molar-refractivity contribution in [2.24, 2.45) is 0 Å². The van der Waals surface area contributed by atoms with E-state index in [9.17, 15) is 0 Å². The second kappa shape index (κ2) is 9.44. The predicted octanol–water partition coefficient (Wildman–Crippen LogP) is 12.2. The van der Waals surface area contributed by atoms with Crippen LogP contribution in [0, 0.1) is 0 Å². The Balaban J connectivity index is 0.000000121. The highest BCUT2D eigenvalue weighted by atomic mass is 16.3. The Labute approximate surface area is 248 Å². The van der Waals surface area contributed by atoms with Crippen molar-refractivity contribution in [3.63, 3.8) is 0 Å². The maximum absolute atomic E-state index is 6.17. The quantitative estimate of drug-likeness (QED) is 0.136. The first-order chi connectivity index (χ1) is 21.3. The molecule has 0 atom stereocenters. The number of fused-ring (bicyclic) bond motifs is 12. The third-order valence-electron chi connectivity index (χ3n) is 8.82. The lowest BCUT2D eigenvalue weighted by Crippen LogP contribution is -1.81. The van der Waals surface area contributed by atoms with E-state index in [4.69, 9.17) is 4.42 Å². The minimum absolute atomic E-state index is 0.958. The standard InChI is InChI=1S/C22H14.C20H12O/c1-2-7-17-12-20-14-22-18(13-19(20)11-16(17)6-1)10-9-15-5-3-4-8-21(15)22;1-3-7-15-13(5-1)10-12-18-19(15)17-11-9-14-6-2-4-8-16(14)20(17)21-18/h1-14H;1-12H. The number of rotatable bonds is 0. The van der Waals surface area contributed by atoms with Crippen LogP contribution in [0.5, 0.6) is 0 Å². The van der Waals surface area contributed by atoms with E-state index in [1.165, 1.54) is 75.4 Å². The molecule has 0 saturated carbocycles. The Morgan fingerprint density at radius 2 is 0.767 bits per heavy atom. The lowest BCUT2D eigenvalue weighted by Gasteiger charge is -2.08. The zero-order valence-corrected chi connectivity index (χ0v) is 23.4. The topological polar surface area (TPSA) is 13.1 Å². The van der Waals surface area contributed by atoms with Crippen LogP contribution in [-0.4, -0.2) is 0 Å². The van der Waals surface area contributed by atoms with Gasteiger partial charge in [-0.25, -0.2) is 0 Å². The summed E-state index contributed by atoms with van der Waals surface area (Å²) in [7, 11) is 0. The molecule has 0 unspecified atom stereocenters. The average Bonchev–Trinajstić information content (AvgIpc) is 3.47. The lowest BCUT2D eigenvalue weighted by atomic mass is 9.96. The smallest absolute Gasteiger partial charge is 0.143 e. The summed E-state index contributed by atoms with van der Waals surface area (Å²) in [4.78, 5) is 0. The first-order valence-electron chi connectivity index (χ1n) is 14.8. The first-order valence-corrected chi connectivity index (χ1v) is 14.8. The molecule has 0 fully saturated rings. The first kappa shape index (κ1) is 24.0. The molecule has 0 aliphatic heterocycles. The summed E-state index contributed by atoms with van der Waals surface area (Å²) in [6.45, 7) is 0. The van der Waals surface area contributed by atoms with E-state index < -0.39 is 0 Å². The second-order valence-electron chi connectivity index (χ2n) is 11.3. The van der Waals surface area contributed by atoms with E-state index in [2.05, 4.69) is 158 Å². The van der Waals surface area contributed by atoms with Crippen LogP contribution in [-0.2, 0) is 0 Å². The molecule has 0 amide bonds. The van der Waals surface area contributed by atoms with Crippen molar-refractivity contribution >= 4 is 86.6 Å². The molecule has 0 aliphatic carbocycles. The van der Waals surface area contributed by atoms with Crippen LogP contribution >= 0.6 is 0 Å². The van der Waals surface area contributed by atoms with Gasteiger partial charge in [-0.2, -0.15) is 0 Å². The van der Waals surface area contributed by atoms with Gasteiger partial charge in [-0.3, -0.25) is 0 Å². The number of hydrogen-bond acceptors (Lipinski definition) is 1. The van der Waals surface area contributed by atoms with Crippen LogP contribution in [0.25, 0.3) is 86.6 Å². The average molecular weight is 547 g/mol. The molecule has 0 spiro atoms. The minimum atomic E-state index is 0.958. The third-order valence-corrected chi connectivity index (χ3v) is 8.82. The fourth-order valence-electron chi connectivity index (χ4n) is 6.72. The van der Waals surface area contributed by atoms with Gasteiger partial charge in [-0.1, -0.05) is 121 Å². The van der Waals surface area contributed by atoms with Crippen LogP contribution in [0.1, 0.15) is 0 Å². The highest BCUT2D eigenvalue weighted by molar-refractivity contribution is 6.23. The molecule has 0 N–H and O–H groups in total. The monoisotopic (exact) mass is 546 g/mol. The van der Waals surface area contributed by atoms with Crippen LogP contribution in [0.4, 0.5) is 0 Å². The van der Waals surface area contributed by atoms with E-state index in [-0.39, 0.29) is 0 Å². The fraction of sp³-hybridized carbons (Fsp3) is 0. The van der Waals surface area contributed by atoms with Gasteiger partial charge in [0.15, 0.2) is 0 Å². The van der Waals surface area contributed by atoms with Crippen molar-refractivity contribution < 1.29 is 4.42 Å². The SMILES string of the molecule is c1ccc2c(c1)ccc1c2oc2ccc3ccccc3c21.c1ccc2cc3cc4c(ccc5ccccc54)cc3cc2c1. The van der Waals surface area contributed by atoms with Crippen molar-refractivity contribution in [3.8, 4) is 0 Å². The van der Waals surface area contributed by atoms with E-state index in [0.717, 1.165) is 11.2 Å². The molecule has 1 nitrogen and oxygen atoms in total. The summed E-state index contributed by atoms with van der Waals surface area (Å²) < 4.78 is 6.17. The molecule has 0 radical (unpaired) electrons. The molecule has 9 aromatic carbocycles. The fourth-order valence-corrected chi connectivity index (χ4v) is 6.72. The molecule has 10 aromatic rings. The van der Waals surface area contributed by atoms with Gasteiger partial charge >= 0.3 is 0 Å². The van der Waals surface area contributed by atoms with Crippen molar-refractivity contribution in [1.29, 1.82) is 0 Å². The molecule has 0 bridgehead atoms. The van der Waals surface area contributed by atoms with Gasteiger partial charge in [-0.15, -0.1) is 0 Å². The van der Waals surface area contributed by atoms with Gasteiger partial charge in [0.05, 0.1) is 0 Å².